The van der Waals surface area contributed by atoms with Crippen LogP contribution in [0, 0.1) is 0 Å². The third kappa shape index (κ3) is 7.49. The Hall–Kier alpha value is -1.50. The number of halogens is 1. The van der Waals surface area contributed by atoms with Crippen LogP contribution >= 0.6 is 23.4 Å². The average Bonchev–Trinajstić information content (AvgIpc) is 2.46. The number of carbonyl (C=O) groups is 2. The zero-order chi connectivity index (χ0) is 16.4. The highest BCUT2D eigenvalue weighted by atomic mass is 35.5. The number of benzene rings is 1. The molecule has 0 fully saturated rings. The third-order valence-corrected chi connectivity index (χ3v) is 3.78. The van der Waals surface area contributed by atoms with Gasteiger partial charge in [0.2, 0.25) is 5.91 Å². The number of aliphatic carboxylic acids is 1. The number of hydrogen-bond acceptors (Lipinski definition) is 4. The van der Waals surface area contributed by atoms with Gasteiger partial charge in [0.25, 0.3) is 0 Å². The number of rotatable bonds is 10. The molecule has 0 saturated heterocycles. The fourth-order valence-electron chi connectivity index (χ4n) is 1.57. The molecule has 0 saturated carbocycles. The first-order valence-corrected chi connectivity index (χ1v) is 8.09. The van der Waals surface area contributed by atoms with E-state index in [0.29, 0.717) is 10.8 Å². The lowest BCUT2D eigenvalue weighted by Gasteiger charge is -2.14. The van der Waals surface area contributed by atoms with Crippen molar-refractivity contribution in [3.05, 3.63) is 47.5 Å². The summed E-state index contributed by atoms with van der Waals surface area (Å²) in [6, 6.07) is 6.31. The van der Waals surface area contributed by atoms with Crippen LogP contribution in [0.2, 0.25) is 5.02 Å². The first kappa shape index (κ1) is 18.5. The standard InChI is InChI=1S/C15H18ClNO4S/c1-2-6-21-8-13(15(19)20)17-14(18)10-22-9-11-4-3-5-12(16)7-11/h2-5,7,13H,1,6,8-10H2,(H,17,18)(H,19,20). The van der Waals surface area contributed by atoms with Crippen molar-refractivity contribution in [1.82, 2.24) is 5.32 Å². The molecule has 1 atom stereocenters. The Morgan fingerprint density at radius 1 is 1.50 bits per heavy atom. The second kappa shape index (κ2) is 10.3. The van der Waals surface area contributed by atoms with Crippen LogP contribution in [0.3, 0.4) is 0 Å². The van der Waals surface area contributed by atoms with Crippen LogP contribution in [0.25, 0.3) is 0 Å². The van der Waals surface area contributed by atoms with E-state index >= 15 is 0 Å². The summed E-state index contributed by atoms with van der Waals surface area (Å²) in [6.07, 6.45) is 1.52. The topological polar surface area (TPSA) is 75.6 Å². The van der Waals surface area contributed by atoms with Crippen molar-refractivity contribution in [2.75, 3.05) is 19.0 Å². The summed E-state index contributed by atoms with van der Waals surface area (Å²) in [5.41, 5.74) is 1.01. The van der Waals surface area contributed by atoms with Crippen molar-refractivity contribution in [2.45, 2.75) is 11.8 Å². The molecule has 1 aromatic rings. The normalized spacial score (nSPS) is 11.7. The second-order valence-corrected chi connectivity index (χ2v) is 5.83. The van der Waals surface area contributed by atoms with E-state index in [4.69, 9.17) is 21.4 Å². The van der Waals surface area contributed by atoms with Gasteiger partial charge < -0.3 is 15.2 Å². The molecule has 0 radical (unpaired) electrons. The molecule has 0 aliphatic rings. The molecule has 22 heavy (non-hydrogen) atoms. The van der Waals surface area contributed by atoms with Crippen LogP contribution in [0.15, 0.2) is 36.9 Å². The van der Waals surface area contributed by atoms with E-state index < -0.39 is 12.0 Å². The summed E-state index contributed by atoms with van der Waals surface area (Å²) in [4.78, 5) is 22.8. The summed E-state index contributed by atoms with van der Waals surface area (Å²) in [5, 5.41) is 12.1. The van der Waals surface area contributed by atoms with E-state index in [0.717, 1.165) is 5.56 Å². The van der Waals surface area contributed by atoms with E-state index in [9.17, 15) is 9.59 Å². The maximum absolute atomic E-state index is 11.8. The summed E-state index contributed by atoms with van der Waals surface area (Å²) in [6.45, 7) is 3.61. The van der Waals surface area contributed by atoms with Crippen LogP contribution in [-0.4, -0.2) is 42.0 Å². The molecule has 7 heteroatoms. The Morgan fingerprint density at radius 2 is 2.27 bits per heavy atom. The first-order chi connectivity index (χ1) is 10.5. The van der Waals surface area contributed by atoms with Gasteiger partial charge in [-0.25, -0.2) is 4.79 Å². The fraction of sp³-hybridized carbons (Fsp3) is 0.333. The monoisotopic (exact) mass is 343 g/mol. The van der Waals surface area contributed by atoms with Crippen LogP contribution < -0.4 is 5.32 Å². The predicted octanol–water partition coefficient (Wildman–Crippen LogP) is 2.35. The van der Waals surface area contributed by atoms with Crippen molar-refractivity contribution in [3.63, 3.8) is 0 Å². The maximum Gasteiger partial charge on any atom is 0.328 e. The van der Waals surface area contributed by atoms with Crippen molar-refractivity contribution < 1.29 is 19.4 Å². The van der Waals surface area contributed by atoms with Crippen molar-refractivity contribution in [3.8, 4) is 0 Å². The molecule has 1 aromatic carbocycles. The van der Waals surface area contributed by atoms with Crippen LogP contribution in [-0.2, 0) is 20.1 Å². The Bertz CT molecular complexity index is 524. The maximum atomic E-state index is 11.8. The van der Waals surface area contributed by atoms with Crippen molar-refractivity contribution in [2.24, 2.45) is 0 Å². The van der Waals surface area contributed by atoms with Gasteiger partial charge >= 0.3 is 5.97 Å². The minimum absolute atomic E-state index is 0.0912. The molecule has 5 nitrogen and oxygen atoms in total. The summed E-state index contributed by atoms with van der Waals surface area (Å²) >= 11 is 7.26. The lowest BCUT2D eigenvalue weighted by atomic mass is 10.2. The van der Waals surface area contributed by atoms with Gasteiger partial charge in [-0.3, -0.25) is 4.79 Å². The number of nitrogens with one attached hydrogen (secondary N) is 1. The van der Waals surface area contributed by atoms with Crippen LogP contribution in [0.4, 0.5) is 0 Å². The lowest BCUT2D eigenvalue weighted by Crippen LogP contribution is -2.44. The summed E-state index contributed by atoms with van der Waals surface area (Å²) < 4.78 is 5.06. The Balaban J connectivity index is 2.34. The molecule has 0 aromatic heterocycles. The minimum Gasteiger partial charge on any atom is -0.480 e. The molecule has 0 spiro atoms. The molecule has 120 valence electrons. The van der Waals surface area contributed by atoms with Gasteiger partial charge in [-0.15, -0.1) is 18.3 Å². The smallest absolute Gasteiger partial charge is 0.328 e. The van der Waals surface area contributed by atoms with Crippen LogP contribution in [0.5, 0.6) is 0 Å². The Kier molecular flexibility index (Phi) is 8.65. The SMILES string of the molecule is C=CCOCC(NC(=O)CSCc1cccc(Cl)c1)C(=O)O. The molecule has 0 aliphatic heterocycles. The van der Waals surface area contributed by atoms with Gasteiger partial charge in [0.1, 0.15) is 0 Å². The van der Waals surface area contributed by atoms with Gasteiger partial charge in [0.05, 0.1) is 19.0 Å². The van der Waals surface area contributed by atoms with E-state index in [2.05, 4.69) is 11.9 Å². The molecule has 1 amide bonds. The highest BCUT2D eigenvalue weighted by Gasteiger charge is 2.19. The van der Waals surface area contributed by atoms with Crippen molar-refractivity contribution >= 4 is 35.2 Å². The summed E-state index contributed by atoms with van der Waals surface area (Å²) in [7, 11) is 0. The minimum atomic E-state index is -1.13. The fourth-order valence-corrected chi connectivity index (χ4v) is 2.57. The van der Waals surface area contributed by atoms with Gasteiger partial charge in [-0.2, -0.15) is 0 Å². The quantitative estimate of drug-likeness (QED) is 0.504. The molecule has 2 N–H and O–H groups in total. The van der Waals surface area contributed by atoms with Gasteiger partial charge in [0, 0.05) is 10.8 Å². The van der Waals surface area contributed by atoms with Gasteiger partial charge in [0.15, 0.2) is 6.04 Å². The predicted molar refractivity (Wildman–Crippen MR) is 88.2 cm³/mol. The number of thioether (sulfide) groups is 1. The molecular weight excluding hydrogens is 326 g/mol. The van der Waals surface area contributed by atoms with E-state index in [1.165, 1.54) is 17.8 Å². The number of ether oxygens (including phenoxy) is 1. The van der Waals surface area contributed by atoms with Crippen LogP contribution in [0.1, 0.15) is 5.56 Å². The molecule has 0 bridgehead atoms. The van der Waals surface area contributed by atoms with E-state index in [-0.39, 0.29) is 24.9 Å². The largest absolute Gasteiger partial charge is 0.480 e. The molecule has 0 heterocycles. The lowest BCUT2D eigenvalue weighted by molar-refractivity contribution is -0.143. The third-order valence-electron chi connectivity index (χ3n) is 2.54. The van der Waals surface area contributed by atoms with E-state index in [1.807, 2.05) is 18.2 Å². The number of carboxylic acid groups (broad SMARTS) is 1. The Labute approximate surface area is 138 Å². The van der Waals surface area contributed by atoms with Crippen molar-refractivity contribution in [1.29, 1.82) is 0 Å². The number of amides is 1. The zero-order valence-corrected chi connectivity index (χ0v) is 13.5. The number of carboxylic acids is 1. The first-order valence-electron chi connectivity index (χ1n) is 6.56. The average molecular weight is 344 g/mol. The number of hydrogen-bond donors (Lipinski definition) is 2. The molecule has 0 aliphatic carbocycles. The highest BCUT2D eigenvalue weighted by Crippen LogP contribution is 2.16. The van der Waals surface area contributed by atoms with Gasteiger partial charge in [-0.1, -0.05) is 29.8 Å². The molecule has 1 rings (SSSR count). The number of carbonyl (C=O) groups excluding carboxylic acids is 1. The zero-order valence-electron chi connectivity index (χ0n) is 12.0. The molecule has 1 unspecified atom stereocenters. The second-order valence-electron chi connectivity index (χ2n) is 4.41. The Morgan fingerprint density at radius 3 is 2.91 bits per heavy atom. The summed E-state index contributed by atoms with van der Waals surface area (Å²) in [5.74, 6) is -0.685. The molecular formula is C15H18ClNO4S. The highest BCUT2D eigenvalue weighted by molar-refractivity contribution is 7.99. The van der Waals surface area contributed by atoms with Gasteiger partial charge in [-0.05, 0) is 17.7 Å². The van der Waals surface area contributed by atoms with E-state index in [1.54, 1.807) is 6.07 Å².